The van der Waals surface area contributed by atoms with E-state index < -0.39 is 8.07 Å². The second-order valence-corrected chi connectivity index (χ2v) is 15.9. The fraction of sp³-hybridized carbons (Fsp3) is 0.400. The summed E-state index contributed by atoms with van der Waals surface area (Å²) >= 11 is 3.70. The quantitative estimate of drug-likeness (QED) is 0.207. The first kappa shape index (κ1) is 24.8. The lowest BCUT2D eigenvalue weighted by Crippen LogP contribution is -2.22. The van der Waals surface area contributed by atoms with Gasteiger partial charge in [0.05, 0.1) is 35.1 Å². The van der Waals surface area contributed by atoms with Gasteiger partial charge in [0.2, 0.25) is 0 Å². The highest BCUT2D eigenvalue weighted by Gasteiger charge is 2.22. The average Bonchev–Trinajstić information content (AvgIpc) is 2.99. The summed E-state index contributed by atoms with van der Waals surface area (Å²) in [5, 5.41) is 0. The first-order valence-electron chi connectivity index (χ1n) is 10.9. The second-order valence-electron chi connectivity index (χ2n) is 9.45. The van der Waals surface area contributed by atoms with Crippen molar-refractivity contribution in [3.8, 4) is 0 Å². The van der Waals surface area contributed by atoms with Crippen LogP contribution in [0.25, 0.3) is 17.1 Å². The molecule has 7 heteroatoms. The Morgan fingerprint density at radius 3 is 2.50 bits per heavy atom. The zero-order chi connectivity index (χ0) is 23.3. The van der Waals surface area contributed by atoms with Crippen LogP contribution in [0, 0.1) is 5.82 Å². The smallest absolute Gasteiger partial charge is 0.150 e. The molecule has 0 amide bonds. The number of fused-ring (bicyclic) bond motifs is 1. The van der Waals surface area contributed by atoms with Crippen molar-refractivity contribution in [2.24, 2.45) is 0 Å². The molecule has 2 aromatic heterocycles. The van der Waals surface area contributed by atoms with E-state index in [0.717, 1.165) is 32.9 Å². The highest BCUT2D eigenvalue weighted by atomic mass is 79.9. The Morgan fingerprint density at radius 2 is 1.84 bits per heavy atom. The van der Waals surface area contributed by atoms with Crippen LogP contribution in [0.5, 0.6) is 0 Å². The molecule has 0 unspecified atom stereocenters. The molecular weight excluding hydrogens is 487 g/mol. The van der Waals surface area contributed by atoms with Crippen LogP contribution in [0.1, 0.15) is 30.7 Å². The molecule has 4 nitrogen and oxygen atoms in total. The Balaban J connectivity index is 1.96. The van der Waals surface area contributed by atoms with E-state index in [1.165, 1.54) is 6.20 Å². The normalized spacial score (nSPS) is 11.8. The zero-order valence-electron chi connectivity index (χ0n) is 19.5. The van der Waals surface area contributed by atoms with Gasteiger partial charge < -0.3 is 14.0 Å². The van der Waals surface area contributed by atoms with E-state index in [2.05, 4.69) is 40.6 Å². The predicted molar refractivity (Wildman–Crippen MR) is 136 cm³/mol. The van der Waals surface area contributed by atoms with Crippen molar-refractivity contribution in [3.05, 3.63) is 69.2 Å². The lowest BCUT2D eigenvalue weighted by Gasteiger charge is -2.17. The van der Waals surface area contributed by atoms with Crippen LogP contribution < -0.4 is 0 Å². The third-order valence-electron chi connectivity index (χ3n) is 5.10. The van der Waals surface area contributed by atoms with Crippen molar-refractivity contribution in [2.45, 2.75) is 59.5 Å². The standard InChI is InChI=1S/C25H32BrFN2O2Si/c1-18(2)13-20-21(27)14-28-24-23(26)22(16-31-15-19-9-7-6-8-10-19)29(25(20)24)17-30-11-12-32(3,4)5/h6-10,13-14H,11-12,15-17H2,1-5H3. The molecule has 2 heterocycles. The topological polar surface area (TPSA) is 36.3 Å². The second kappa shape index (κ2) is 10.9. The number of halogens is 2. The lowest BCUT2D eigenvalue weighted by atomic mass is 10.1. The Bertz CT molecular complexity index is 1090. The molecule has 0 N–H and O–H groups in total. The molecule has 0 atom stereocenters. The summed E-state index contributed by atoms with van der Waals surface area (Å²) in [6.07, 6.45) is 3.14. The number of hydrogen-bond donors (Lipinski definition) is 0. The molecular formula is C25H32BrFN2O2Si. The van der Waals surface area contributed by atoms with Gasteiger partial charge in [-0.2, -0.15) is 0 Å². The van der Waals surface area contributed by atoms with Gasteiger partial charge in [-0.05, 0) is 41.4 Å². The van der Waals surface area contributed by atoms with Crippen LogP contribution in [0.2, 0.25) is 25.7 Å². The minimum Gasteiger partial charge on any atom is -0.371 e. The number of nitrogens with zero attached hydrogens (tertiary/aromatic N) is 2. The number of aromatic nitrogens is 2. The number of hydrogen-bond acceptors (Lipinski definition) is 3. The molecule has 0 radical (unpaired) electrons. The van der Waals surface area contributed by atoms with Crippen LogP contribution in [0.3, 0.4) is 0 Å². The fourth-order valence-corrected chi connectivity index (χ4v) is 4.78. The molecule has 172 valence electrons. The Morgan fingerprint density at radius 1 is 1.12 bits per heavy atom. The van der Waals surface area contributed by atoms with Crippen LogP contribution in [-0.4, -0.2) is 24.2 Å². The molecule has 0 aliphatic rings. The maximum atomic E-state index is 14.8. The van der Waals surface area contributed by atoms with Crippen LogP contribution >= 0.6 is 15.9 Å². The summed E-state index contributed by atoms with van der Waals surface area (Å²) < 4.78 is 29.7. The number of rotatable bonds is 10. The summed E-state index contributed by atoms with van der Waals surface area (Å²) in [6.45, 7) is 12.8. The molecule has 0 aliphatic heterocycles. The highest BCUT2D eigenvalue weighted by molar-refractivity contribution is 9.10. The van der Waals surface area contributed by atoms with Gasteiger partial charge >= 0.3 is 0 Å². The van der Waals surface area contributed by atoms with E-state index >= 15 is 0 Å². The third-order valence-corrected chi connectivity index (χ3v) is 7.64. The summed E-state index contributed by atoms with van der Waals surface area (Å²) in [5.41, 5.74) is 4.98. The lowest BCUT2D eigenvalue weighted by molar-refractivity contribution is 0.0712. The minimum absolute atomic E-state index is 0.325. The maximum absolute atomic E-state index is 14.8. The first-order chi connectivity index (χ1) is 15.2. The van der Waals surface area contributed by atoms with Gasteiger partial charge in [-0.15, -0.1) is 0 Å². The van der Waals surface area contributed by atoms with Crippen molar-refractivity contribution >= 4 is 41.1 Å². The van der Waals surface area contributed by atoms with Crippen LogP contribution in [0.4, 0.5) is 4.39 Å². The summed E-state index contributed by atoms with van der Waals surface area (Å²) in [6, 6.07) is 11.1. The van der Waals surface area contributed by atoms with E-state index in [0.29, 0.717) is 37.6 Å². The van der Waals surface area contributed by atoms with Gasteiger partial charge in [0, 0.05) is 20.2 Å². The monoisotopic (exact) mass is 518 g/mol. The maximum Gasteiger partial charge on any atom is 0.150 e. The van der Waals surface area contributed by atoms with Gasteiger partial charge in [-0.25, -0.2) is 4.39 Å². The molecule has 0 saturated heterocycles. The van der Waals surface area contributed by atoms with Gasteiger partial charge in [-0.1, -0.05) is 61.6 Å². The largest absolute Gasteiger partial charge is 0.371 e. The Kier molecular flexibility index (Phi) is 8.44. The Labute approximate surface area is 199 Å². The summed E-state index contributed by atoms with van der Waals surface area (Å²) in [4.78, 5) is 4.39. The number of allylic oxidation sites excluding steroid dienone is 1. The van der Waals surface area contributed by atoms with Gasteiger partial charge in [0.25, 0.3) is 0 Å². The Hall–Kier alpha value is -1.80. The van der Waals surface area contributed by atoms with E-state index in [4.69, 9.17) is 9.47 Å². The highest BCUT2D eigenvalue weighted by Crippen LogP contribution is 2.34. The molecule has 0 bridgehead atoms. The van der Waals surface area contributed by atoms with Gasteiger partial charge in [0.15, 0.2) is 5.82 Å². The molecule has 3 rings (SSSR count). The molecule has 32 heavy (non-hydrogen) atoms. The number of ether oxygens (including phenoxy) is 2. The van der Waals surface area contributed by atoms with E-state index in [1.807, 2.05) is 54.8 Å². The first-order valence-corrected chi connectivity index (χ1v) is 15.4. The SMILES string of the molecule is CC(C)=Cc1c(F)cnc2c(Br)c(COCc3ccccc3)n(COCC[Si](C)(C)C)c12. The van der Waals surface area contributed by atoms with Crippen molar-refractivity contribution in [3.63, 3.8) is 0 Å². The molecule has 3 aromatic rings. The van der Waals surface area contributed by atoms with Crippen molar-refractivity contribution in [2.75, 3.05) is 6.61 Å². The van der Waals surface area contributed by atoms with Gasteiger partial charge in [-0.3, -0.25) is 4.98 Å². The van der Waals surface area contributed by atoms with E-state index in [9.17, 15) is 4.39 Å². The molecule has 1 aromatic carbocycles. The van der Waals surface area contributed by atoms with Gasteiger partial charge in [0.1, 0.15) is 12.2 Å². The van der Waals surface area contributed by atoms with Crippen molar-refractivity contribution in [1.82, 2.24) is 9.55 Å². The number of pyridine rings is 1. The van der Waals surface area contributed by atoms with E-state index in [-0.39, 0.29) is 5.82 Å². The molecule has 0 aliphatic carbocycles. The summed E-state index contributed by atoms with van der Waals surface area (Å²) in [7, 11) is -1.21. The molecule has 0 fully saturated rings. The van der Waals surface area contributed by atoms with Crippen LogP contribution in [0.15, 0.2) is 46.6 Å². The number of benzene rings is 1. The minimum atomic E-state index is -1.21. The molecule has 0 spiro atoms. The van der Waals surface area contributed by atoms with Crippen molar-refractivity contribution < 1.29 is 13.9 Å². The third kappa shape index (κ3) is 6.38. The van der Waals surface area contributed by atoms with E-state index in [1.54, 1.807) is 0 Å². The summed E-state index contributed by atoms with van der Waals surface area (Å²) in [5.74, 6) is -0.344. The van der Waals surface area contributed by atoms with Crippen molar-refractivity contribution in [1.29, 1.82) is 0 Å². The molecule has 0 saturated carbocycles. The zero-order valence-corrected chi connectivity index (χ0v) is 22.1. The fourth-order valence-electron chi connectivity index (χ4n) is 3.40. The predicted octanol–water partition coefficient (Wildman–Crippen LogP) is 7.39. The van der Waals surface area contributed by atoms with Crippen LogP contribution in [-0.2, 0) is 29.4 Å². The average molecular weight is 520 g/mol.